The number of anilines is 1. The summed E-state index contributed by atoms with van der Waals surface area (Å²) in [5.74, 6) is -1.56. The molecule has 0 bridgehead atoms. The maximum atomic E-state index is 12.4. The Balaban J connectivity index is 2.32. The average molecular weight is 360 g/mol. The predicted molar refractivity (Wildman–Crippen MR) is 78.9 cm³/mol. The van der Waals surface area contributed by atoms with Crippen molar-refractivity contribution in [1.82, 2.24) is 0 Å². The summed E-state index contributed by atoms with van der Waals surface area (Å²) in [6.45, 7) is 0. The standard InChI is InChI=1S/C14H11F3N2O4S/c15-14(16,17)23-11-3-1-2-4-12(11)24(21,22)19-10-7-5-9(6-8-10)13(18)20/h1-8,19H,(H2,18,20). The Bertz CT molecular complexity index is 849. The molecule has 2 aromatic carbocycles. The molecule has 128 valence electrons. The molecule has 0 fully saturated rings. The van der Waals surface area contributed by atoms with E-state index >= 15 is 0 Å². The third kappa shape index (κ3) is 4.38. The zero-order valence-electron chi connectivity index (χ0n) is 11.9. The van der Waals surface area contributed by atoms with E-state index in [1.54, 1.807) is 0 Å². The summed E-state index contributed by atoms with van der Waals surface area (Å²) in [5.41, 5.74) is 5.26. The number of carbonyl (C=O) groups excluding carboxylic acids is 1. The van der Waals surface area contributed by atoms with Crippen molar-refractivity contribution in [3.63, 3.8) is 0 Å². The van der Waals surface area contributed by atoms with E-state index in [1.807, 2.05) is 0 Å². The molecular formula is C14H11F3N2O4S. The van der Waals surface area contributed by atoms with Crippen molar-refractivity contribution >= 4 is 21.6 Å². The van der Waals surface area contributed by atoms with Gasteiger partial charge in [-0.2, -0.15) is 0 Å². The molecule has 2 aromatic rings. The number of hydrogen-bond acceptors (Lipinski definition) is 4. The van der Waals surface area contributed by atoms with Gasteiger partial charge in [-0.15, -0.1) is 13.2 Å². The van der Waals surface area contributed by atoms with Crippen molar-refractivity contribution in [2.24, 2.45) is 5.73 Å². The van der Waals surface area contributed by atoms with Crippen LogP contribution in [0.25, 0.3) is 0 Å². The molecule has 3 N–H and O–H groups in total. The van der Waals surface area contributed by atoms with E-state index in [2.05, 4.69) is 9.46 Å². The topological polar surface area (TPSA) is 98.5 Å². The second-order valence-electron chi connectivity index (χ2n) is 4.54. The van der Waals surface area contributed by atoms with Crippen molar-refractivity contribution in [1.29, 1.82) is 0 Å². The lowest BCUT2D eigenvalue weighted by atomic mass is 10.2. The molecule has 0 aliphatic rings. The predicted octanol–water partition coefficient (Wildman–Crippen LogP) is 2.48. The lowest BCUT2D eigenvalue weighted by Gasteiger charge is -2.14. The molecule has 0 aliphatic heterocycles. The average Bonchev–Trinajstić information content (AvgIpc) is 2.46. The number of benzene rings is 2. The van der Waals surface area contributed by atoms with E-state index < -0.39 is 32.9 Å². The highest BCUT2D eigenvalue weighted by Gasteiger charge is 2.34. The van der Waals surface area contributed by atoms with E-state index in [4.69, 9.17) is 5.73 Å². The third-order valence-corrected chi connectivity index (χ3v) is 4.21. The van der Waals surface area contributed by atoms with Crippen LogP contribution in [0, 0.1) is 0 Å². The molecule has 0 spiro atoms. The van der Waals surface area contributed by atoms with Crippen molar-refractivity contribution in [3.8, 4) is 5.75 Å². The number of halogens is 3. The van der Waals surface area contributed by atoms with Crippen molar-refractivity contribution in [2.45, 2.75) is 11.3 Å². The first-order chi connectivity index (χ1) is 11.1. The normalized spacial score (nSPS) is 11.8. The molecular weight excluding hydrogens is 349 g/mol. The molecule has 0 aliphatic carbocycles. The minimum atomic E-state index is -5.03. The molecule has 0 saturated heterocycles. The largest absolute Gasteiger partial charge is 0.573 e. The van der Waals surface area contributed by atoms with E-state index in [9.17, 15) is 26.4 Å². The van der Waals surface area contributed by atoms with Crippen LogP contribution in [0.4, 0.5) is 18.9 Å². The Kier molecular flexibility index (Phi) is 4.69. The Morgan fingerprint density at radius 1 is 1.04 bits per heavy atom. The number of sulfonamides is 1. The molecule has 0 atom stereocenters. The molecule has 0 radical (unpaired) electrons. The van der Waals surface area contributed by atoms with E-state index in [-0.39, 0.29) is 11.3 Å². The van der Waals surface area contributed by atoms with E-state index in [0.29, 0.717) is 0 Å². The number of hydrogen-bond donors (Lipinski definition) is 2. The fourth-order valence-electron chi connectivity index (χ4n) is 1.79. The Morgan fingerprint density at radius 3 is 2.17 bits per heavy atom. The number of alkyl halides is 3. The van der Waals surface area contributed by atoms with Crippen molar-refractivity contribution < 1.29 is 31.1 Å². The Labute approximate surface area is 135 Å². The van der Waals surface area contributed by atoms with Gasteiger partial charge in [-0.05, 0) is 36.4 Å². The zero-order valence-corrected chi connectivity index (χ0v) is 12.7. The van der Waals surface area contributed by atoms with Crippen LogP contribution in [0.3, 0.4) is 0 Å². The summed E-state index contributed by atoms with van der Waals surface area (Å²) in [7, 11) is -4.34. The summed E-state index contributed by atoms with van der Waals surface area (Å²) in [6.07, 6.45) is -5.03. The highest BCUT2D eigenvalue weighted by molar-refractivity contribution is 7.92. The van der Waals surface area contributed by atoms with Gasteiger partial charge < -0.3 is 10.5 Å². The second kappa shape index (κ2) is 6.40. The quantitative estimate of drug-likeness (QED) is 0.856. The van der Waals surface area contributed by atoms with Crippen molar-refractivity contribution in [2.75, 3.05) is 4.72 Å². The number of primary amides is 1. The van der Waals surface area contributed by atoms with Crippen LogP contribution in [-0.4, -0.2) is 20.7 Å². The first-order valence-corrected chi connectivity index (χ1v) is 7.84. The Morgan fingerprint density at radius 2 is 1.62 bits per heavy atom. The fraction of sp³-hybridized carbons (Fsp3) is 0.0714. The van der Waals surface area contributed by atoms with Crippen LogP contribution in [0.1, 0.15) is 10.4 Å². The summed E-state index contributed by atoms with van der Waals surface area (Å²) >= 11 is 0. The van der Waals surface area contributed by atoms with Gasteiger partial charge in [0.2, 0.25) is 5.91 Å². The SMILES string of the molecule is NC(=O)c1ccc(NS(=O)(=O)c2ccccc2OC(F)(F)F)cc1. The highest BCUT2D eigenvalue weighted by Crippen LogP contribution is 2.30. The van der Waals surface area contributed by atoms with Crippen LogP contribution in [0.15, 0.2) is 53.4 Å². The second-order valence-corrected chi connectivity index (χ2v) is 6.19. The van der Waals surface area contributed by atoms with Gasteiger partial charge in [0.1, 0.15) is 10.6 Å². The number of amides is 1. The maximum Gasteiger partial charge on any atom is 0.573 e. The number of nitrogens with two attached hydrogens (primary N) is 1. The molecule has 0 heterocycles. The molecule has 0 saturated carbocycles. The van der Waals surface area contributed by atoms with Crippen LogP contribution in [-0.2, 0) is 10.0 Å². The zero-order chi connectivity index (χ0) is 18.0. The van der Waals surface area contributed by atoms with Gasteiger partial charge in [0.05, 0.1) is 0 Å². The van der Waals surface area contributed by atoms with E-state index in [0.717, 1.165) is 12.1 Å². The van der Waals surface area contributed by atoms with Gasteiger partial charge in [-0.1, -0.05) is 12.1 Å². The van der Waals surface area contributed by atoms with Crippen molar-refractivity contribution in [3.05, 3.63) is 54.1 Å². The monoisotopic (exact) mass is 360 g/mol. The lowest BCUT2D eigenvalue weighted by molar-refractivity contribution is -0.275. The van der Waals surface area contributed by atoms with Gasteiger partial charge in [0.15, 0.2) is 0 Å². The lowest BCUT2D eigenvalue weighted by Crippen LogP contribution is -2.21. The summed E-state index contributed by atoms with van der Waals surface area (Å²) in [4.78, 5) is 10.3. The molecule has 1 amide bonds. The number of nitrogens with one attached hydrogen (secondary N) is 1. The van der Waals surface area contributed by atoms with Crippen LogP contribution >= 0.6 is 0 Å². The summed E-state index contributed by atoms with van der Waals surface area (Å²) < 4.78 is 67.5. The summed E-state index contributed by atoms with van der Waals surface area (Å²) in [6, 6.07) is 9.39. The van der Waals surface area contributed by atoms with Crippen LogP contribution < -0.4 is 15.2 Å². The third-order valence-electron chi connectivity index (χ3n) is 2.79. The molecule has 0 aromatic heterocycles. The highest BCUT2D eigenvalue weighted by atomic mass is 32.2. The maximum absolute atomic E-state index is 12.4. The van der Waals surface area contributed by atoms with Crippen LogP contribution in [0.5, 0.6) is 5.75 Å². The first-order valence-electron chi connectivity index (χ1n) is 6.36. The van der Waals surface area contributed by atoms with Gasteiger partial charge in [-0.3, -0.25) is 9.52 Å². The molecule has 2 rings (SSSR count). The minimum Gasteiger partial charge on any atom is -0.404 e. The minimum absolute atomic E-state index is 0.0433. The smallest absolute Gasteiger partial charge is 0.404 e. The van der Waals surface area contributed by atoms with E-state index in [1.165, 1.54) is 36.4 Å². The first kappa shape index (κ1) is 17.6. The Hall–Kier alpha value is -2.75. The van der Waals surface area contributed by atoms with Gasteiger partial charge in [0.25, 0.3) is 10.0 Å². The number of carbonyl (C=O) groups is 1. The molecule has 6 nitrogen and oxygen atoms in total. The molecule has 10 heteroatoms. The summed E-state index contributed by atoms with van der Waals surface area (Å²) in [5, 5.41) is 0. The fourth-order valence-corrected chi connectivity index (χ4v) is 2.98. The van der Waals surface area contributed by atoms with Gasteiger partial charge >= 0.3 is 6.36 Å². The van der Waals surface area contributed by atoms with Gasteiger partial charge in [0, 0.05) is 11.3 Å². The number of rotatable bonds is 5. The van der Waals surface area contributed by atoms with Gasteiger partial charge in [-0.25, -0.2) is 8.42 Å². The van der Waals surface area contributed by atoms with Crippen LogP contribution in [0.2, 0.25) is 0 Å². The number of para-hydroxylation sites is 1. The molecule has 24 heavy (non-hydrogen) atoms. The molecule has 0 unspecified atom stereocenters. The number of ether oxygens (including phenoxy) is 1.